The molecule has 0 fully saturated rings. The average Bonchev–Trinajstić information content (AvgIpc) is 2.79. The van der Waals surface area contributed by atoms with E-state index in [2.05, 4.69) is 15.0 Å². The zero-order valence-electron chi connectivity index (χ0n) is 17.4. The number of ketones is 1. The van der Waals surface area contributed by atoms with E-state index in [1.807, 2.05) is 11.4 Å². The standard InChI is InChI=1S/C23H18F3N3O5/c24-23(25,26)13-34-17-6-7-18(29-22(32)33)19(10-17)28-21(31)11-20(30)15-4-1-3-14(9-15)16-5-2-8-27-12-16/h1-10,12,29H,11,13H2,(H,28,31)(H,32,33). The Labute approximate surface area is 191 Å². The van der Waals surface area contributed by atoms with Gasteiger partial charge in [-0.05, 0) is 29.8 Å². The van der Waals surface area contributed by atoms with Crippen LogP contribution in [0.1, 0.15) is 16.8 Å². The van der Waals surface area contributed by atoms with Crippen LogP contribution in [-0.2, 0) is 4.79 Å². The third-order valence-corrected chi connectivity index (χ3v) is 4.41. The van der Waals surface area contributed by atoms with Crippen molar-refractivity contribution in [3.05, 3.63) is 72.6 Å². The molecule has 8 nitrogen and oxygen atoms in total. The van der Waals surface area contributed by atoms with Crippen LogP contribution in [0.15, 0.2) is 67.0 Å². The summed E-state index contributed by atoms with van der Waals surface area (Å²) in [7, 11) is 0. The number of Topliss-reactive ketones (excluding diaryl/α,β-unsaturated/α-hetero) is 1. The number of nitrogens with zero attached hydrogens (tertiary/aromatic N) is 1. The van der Waals surface area contributed by atoms with Gasteiger partial charge >= 0.3 is 12.3 Å². The minimum atomic E-state index is -4.59. The second-order valence-corrected chi connectivity index (χ2v) is 7.01. The van der Waals surface area contributed by atoms with Crippen molar-refractivity contribution in [3.63, 3.8) is 0 Å². The van der Waals surface area contributed by atoms with Crippen LogP contribution in [0.5, 0.6) is 5.75 Å². The lowest BCUT2D eigenvalue weighted by Gasteiger charge is -2.14. The molecule has 0 atom stereocenters. The van der Waals surface area contributed by atoms with Crippen molar-refractivity contribution >= 4 is 29.2 Å². The van der Waals surface area contributed by atoms with Crippen LogP contribution in [0.25, 0.3) is 11.1 Å². The fourth-order valence-electron chi connectivity index (χ4n) is 2.95. The van der Waals surface area contributed by atoms with E-state index in [-0.39, 0.29) is 22.7 Å². The molecule has 0 unspecified atom stereocenters. The number of rotatable bonds is 8. The van der Waals surface area contributed by atoms with Gasteiger partial charge in [-0.25, -0.2) is 4.79 Å². The number of hydrogen-bond donors (Lipinski definition) is 3. The number of aromatic nitrogens is 1. The van der Waals surface area contributed by atoms with Gasteiger partial charge in [-0.15, -0.1) is 0 Å². The first-order valence-corrected chi connectivity index (χ1v) is 9.78. The summed E-state index contributed by atoms with van der Waals surface area (Å²) < 4.78 is 41.9. The summed E-state index contributed by atoms with van der Waals surface area (Å²) in [5, 5.41) is 13.3. The number of hydrogen-bond acceptors (Lipinski definition) is 5. The Morgan fingerprint density at radius 2 is 1.71 bits per heavy atom. The minimum Gasteiger partial charge on any atom is -0.484 e. The van der Waals surface area contributed by atoms with E-state index in [4.69, 9.17) is 5.11 Å². The van der Waals surface area contributed by atoms with E-state index >= 15 is 0 Å². The molecule has 34 heavy (non-hydrogen) atoms. The third kappa shape index (κ3) is 7.05. The SMILES string of the molecule is O=C(O)Nc1ccc(OCC(F)(F)F)cc1NC(=O)CC(=O)c1cccc(-c2cccnc2)c1. The summed E-state index contributed by atoms with van der Waals surface area (Å²) in [6.07, 6.45) is -3.39. The van der Waals surface area contributed by atoms with Gasteiger partial charge in [0.05, 0.1) is 17.8 Å². The Morgan fingerprint density at radius 3 is 2.38 bits per heavy atom. The normalized spacial score (nSPS) is 10.9. The smallest absolute Gasteiger partial charge is 0.422 e. The molecule has 2 aromatic carbocycles. The predicted molar refractivity (Wildman–Crippen MR) is 117 cm³/mol. The Morgan fingerprint density at radius 1 is 0.941 bits per heavy atom. The summed E-state index contributed by atoms with van der Waals surface area (Å²) in [6.45, 7) is -1.57. The molecule has 3 N–H and O–H groups in total. The van der Waals surface area contributed by atoms with Gasteiger partial charge < -0.3 is 15.2 Å². The van der Waals surface area contributed by atoms with Crippen LogP contribution >= 0.6 is 0 Å². The molecule has 0 saturated carbocycles. The molecule has 11 heteroatoms. The number of carboxylic acid groups (broad SMARTS) is 1. The van der Waals surface area contributed by atoms with E-state index in [0.29, 0.717) is 0 Å². The van der Waals surface area contributed by atoms with Crippen molar-refractivity contribution < 1.29 is 37.4 Å². The minimum absolute atomic E-state index is 0.105. The number of halogens is 3. The highest BCUT2D eigenvalue weighted by Crippen LogP contribution is 2.29. The van der Waals surface area contributed by atoms with Crippen molar-refractivity contribution in [3.8, 4) is 16.9 Å². The second-order valence-electron chi connectivity index (χ2n) is 7.01. The Balaban J connectivity index is 1.74. The van der Waals surface area contributed by atoms with E-state index in [1.54, 1.807) is 42.7 Å². The molecule has 0 saturated heterocycles. The van der Waals surface area contributed by atoms with Gasteiger partial charge in [-0.2, -0.15) is 13.2 Å². The van der Waals surface area contributed by atoms with Crippen LogP contribution in [0.2, 0.25) is 0 Å². The maximum Gasteiger partial charge on any atom is 0.422 e. The fourth-order valence-corrected chi connectivity index (χ4v) is 2.95. The molecular weight excluding hydrogens is 455 g/mol. The van der Waals surface area contributed by atoms with Crippen molar-refractivity contribution in [2.75, 3.05) is 17.2 Å². The highest BCUT2D eigenvalue weighted by molar-refractivity contribution is 6.12. The summed E-state index contributed by atoms with van der Waals surface area (Å²) in [5.41, 5.74) is 1.50. The second kappa shape index (κ2) is 10.5. The molecule has 3 rings (SSSR count). The van der Waals surface area contributed by atoms with Gasteiger partial charge in [0.25, 0.3) is 0 Å². The van der Waals surface area contributed by atoms with Gasteiger partial charge in [0, 0.05) is 29.6 Å². The number of nitrogens with one attached hydrogen (secondary N) is 2. The van der Waals surface area contributed by atoms with Gasteiger partial charge in [0.2, 0.25) is 5.91 Å². The monoisotopic (exact) mass is 473 g/mol. The largest absolute Gasteiger partial charge is 0.484 e. The average molecular weight is 473 g/mol. The molecule has 1 aromatic heterocycles. The molecule has 0 radical (unpaired) electrons. The number of benzene rings is 2. The van der Waals surface area contributed by atoms with Crippen LogP contribution < -0.4 is 15.4 Å². The maximum atomic E-state index is 12.6. The summed E-state index contributed by atoms with van der Waals surface area (Å²) >= 11 is 0. The summed E-state index contributed by atoms with van der Waals surface area (Å²) in [4.78, 5) is 40.1. The fraction of sp³-hybridized carbons (Fsp3) is 0.130. The first kappa shape index (κ1) is 24.2. The number of carbonyl (C=O) groups is 3. The number of pyridine rings is 1. The van der Waals surface area contributed by atoms with Crippen LogP contribution in [0.3, 0.4) is 0 Å². The van der Waals surface area contributed by atoms with Gasteiger partial charge in [0.1, 0.15) is 5.75 Å². The van der Waals surface area contributed by atoms with E-state index < -0.39 is 37.0 Å². The predicted octanol–water partition coefficient (Wildman–Crippen LogP) is 4.99. The Hall–Kier alpha value is -4.41. The lowest BCUT2D eigenvalue weighted by Crippen LogP contribution is -2.20. The van der Waals surface area contributed by atoms with Gasteiger partial charge in [0.15, 0.2) is 12.4 Å². The number of anilines is 2. The lowest BCUT2D eigenvalue weighted by molar-refractivity contribution is -0.153. The van der Waals surface area contributed by atoms with Crippen LogP contribution in [0, 0.1) is 0 Å². The molecule has 0 spiro atoms. The molecule has 0 bridgehead atoms. The van der Waals surface area contributed by atoms with Crippen LogP contribution in [0.4, 0.5) is 29.3 Å². The molecule has 0 aliphatic carbocycles. The van der Waals surface area contributed by atoms with Gasteiger partial charge in [-0.1, -0.05) is 24.3 Å². The molecular formula is C23H18F3N3O5. The molecule has 2 amide bonds. The first-order valence-electron chi connectivity index (χ1n) is 9.78. The molecule has 3 aromatic rings. The van der Waals surface area contributed by atoms with E-state index in [9.17, 15) is 27.6 Å². The first-order chi connectivity index (χ1) is 16.1. The zero-order valence-corrected chi connectivity index (χ0v) is 17.4. The van der Waals surface area contributed by atoms with Crippen molar-refractivity contribution in [2.24, 2.45) is 0 Å². The summed E-state index contributed by atoms with van der Waals surface area (Å²) in [5.74, 6) is -1.56. The molecule has 0 aliphatic rings. The van der Waals surface area contributed by atoms with Crippen molar-refractivity contribution in [2.45, 2.75) is 12.6 Å². The quantitative estimate of drug-likeness (QED) is 0.313. The van der Waals surface area contributed by atoms with Crippen molar-refractivity contribution in [1.29, 1.82) is 0 Å². The topological polar surface area (TPSA) is 118 Å². The highest BCUT2D eigenvalue weighted by Gasteiger charge is 2.28. The number of alkyl halides is 3. The number of ether oxygens (including phenoxy) is 1. The molecule has 176 valence electrons. The lowest BCUT2D eigenvalue weighted by atomic mass is 10.0. The van der Waals surface area contributed by atoms with Crippen LogP contribution in [-0.4, -0.2) is 40.7 Å². The third-order valence-electron chi connectivity index (χ3n) is 4.41. The molecule has 1 heterocycles. The summed E-state index contributed by atoms with van der Waals surface area (Å²) in [6, 6.07) is 13.4. The zero-order chi connectivity index (χ0) is 24.7. The highest BCUT2D eigenvalue weighted by atomic mass is 19.4. The Bertz CT molecular complexity index is 1200. The van der Waals surface area contributed by atoms with Crippen molar-refractivity contribution in [1.82, 2.24) is 4.98 Å². The maximum absolute atomic E-state index is 12.6. The van der Waals surface area contributed by atoms with Gasteiger partial charge in [-0.3, -0.25) is 19.9 Å². The number of carbonyl (C=O) groups excluding carboxylic acids is 2. The Kier molecular flexibility index (Phi) is 7.46. The number of amides is 2. The van der Waals surface area contributed by atoms with E-state index in [1.165, 1.54) is 0 Å². The molecule has 0 aliphatic heterocycles. The van der Waals surface area contributed by atoms with E-state index in [0.717, 1.165) is 29.3 Å².